The van der Waals surface area contributed by atoms with Crippen LogP contribution < -0.4 is 10.1 Å². The summed E-state index contributed by atoms with van der Waals surface area (Å²) < 4.78 is 11.0. The lowest BCUT2D eigenvalue weighted by Gasteiger charge is -2.15. The van der Waals surface area contributed by atoms with Crippen molar-refractivity contribution >= 4 is 0 Å². The average Bonchev–Trinajstić information content (AvgIpc) is 2.41. The molecule has 1 N–H and O–H groups in total. The van der Waals surface area contributed by atoms with E-state index in [1.54, 1.807) is 0 Å². The highest BCUT2D eigenvalue weighted by molar-refractivity contribution is 5.28. The fourth-order valence-electron chi connectivity index (χ4n) is 1.73. The second-order valence-electron chi connectivity index (χ2n) is 5.15. The van der Waals surface area contributed by atoms with E-state index in [0.717, 1.165) is 32.1 Å². The van der Waals surface area contributed by atoms with E-state index < -0.39 is 0 Å². The van der Waals surface area contributed by atoms with Crippen LogP contribution in [0.4, 0.5) is 0 Å². The lowest BCUT2D eigenvalue weighted by molar-refractivity contribution is 0.147. The molecule has 0 bridgehead atoms. The molecule has 1 aromatic carbocycles. The first-order valence-electron chi connectivity index (χ1n) is 7.17. The third kappa shape index (κ3) is 6.60. The van der Waals surface area contributed by atoms with Crippen LogP contribution in [-0.2, 0) is 4.74 Å². The normalized spacial score (nSPS) is 12.7. The van der Waals surface area contributed by atoms with Crippen molar-refractivity contribution in [1.29, 1.82) is 0 Å². The van der Waals surface area contributed by atoms with Crippen LogP contribution in [-0.4, -0.2) is 26.4 Å². The van der Waals surface area contributed by atoms with Gasteiger partial charge in [-0.25, -0.2) is 0 Å². The summed E-state index contributed by atoms with van der Waals surface area (Å²) in [7, 11) is 0. The van der Waals surface area contributed by atoms with Crippen molar-refractivity contribution in [3.05, 3.63) is 29.8 Å². The molecule has 3 heteroatoms. The van der Waals surface area contributed by atoms with Crippen molar-refractivity contribution in [3.63, 3.8) is 0 Å². The molecule has 3 nitrogen and oxygen atoms in total. The van der Waals surface area contributed by atoms with E-state index >= 15 is 0 Å². The molecule has 19 heavy (non-hydrogen) atoms. The van der Waals surface area contributed by atoms with Crippen LogP contribution in [0.15, 0.2) is 24.3 Å². The van der Waals surface area contributed by atoms with Crippen molar-refractivity contribution in [1.82, 2.24) is 5.32 Å². The fraction of sp³-hybridized carbons (Fsp3) is 0.625. The van der Waals surface area contributed by atoms with Crippen molar-refractivity contribution in [2.24, 2.45) is 5.92 Å². The Morgan fingerprint density at radius 1 is 1.11 bits per heavy atom. The summed E-state index contributed by atoms with van der Waals surface area (Å²) in [6.45, 7) is 11.7. The summed E-state index contributed by atoms with van der Waals surface area (Å²) in [5.41, 5.74) is 1.27. The van der Waals surface area contributed by atoms with Gasteiger partial charge in [0, 0.05) is 19.2 Å². The summed E-state index contributed by atoms with van der Waals surface area (Å²) in [6.07, 6.45) is 0. The Hall–Kier alpha value is -1.06. The van der Waals surface area contributed by atoms with E-state index in [1.807, 2.05) is 19.1 Å². The lowest BCUT2D eigenvalue weighted by Crippen LogP contribution is -2.23. The van der Waals surface area contributed by atoms with Gasteiger partial charge in [-0.05, 0) is 37.5 Å². The quantitative estimate of drug-likeness (QED) is 0.694. The average molecular weight is 265 g/mol. The zero-order valence-corrected chi connectivity index (χ0v) is 12.6. The minimum atomic E-state index is 0.333. The standard InChI is InChI=1S/C16H27NO2/c1-5-18-11-10-17-14(4)15-6-8-16(9-7-15)19-12-13(2)3/h6-9,13-14,17H,5,10-12H2,1-4H3. The molecule has 0 heterocycles. The molecule has 0 aromatic heterocycles. The number of rotatable bonds is 9. The Kier molecular flexibility index (Phi) is 7.53. The Morgan fingerprint density at radius 2 is 1.79 bits per heavy atom. The van der Waals surface area contributed by atoms with Gasteiger partial charge in [0.2, 0.25) is 0 Å². The van der Waals surface area contributed by atoms with Gasteiger partial charge in [-0.15, -0.1) is 0 Å². The maximum atomic E-state index is 5.67. The molecule has 1 unspecified atom stereocenters. The molecule has 0 spiro atoms. The lowest BCUT2D eigenvalue weighted by atomic mass is 10.1. The van der Waals surface area contributed by atoms with Crippen LogP contribution in [0.5, 0.6) is 5.75 Å². The van der Waals surface area contributed by atoms with E-state index in [0.29, 0.717) is 12.0 Å². The Bertz CT molecular complexity index is 335. The Balaban J connectivity index is 2.37. The molecule has 0 aliphatic heterocycles. The van der Waals surface area contributed by atoms with Gasteiger partial charge in [0.15, 0.2) is 0 Å². The summed E-state index contributed by atoms with van der Waals surface area (Å²) >= 11 is 0. The first-order chi connectivity index (χ1) is 9.13. The zero-order valence-electron chi connectivity index (χ0n) is 12.6. The smallest absolute Gasteiger partial charge is 0.119 e. The van der Waals surface area contributed by atoms with Gasteiger partial charge in [-0.3, -0.25) is 0 Å². The van der Waals surface area contributed by atoms with Gasteiger partial charge in [0.05, 0.1) is 13.2 Å². The van der Waals surface area contributed by atoms with Crippen LogP contribution in [0.3, 0.4) is 0 Å². The van der Waals surface area contributed by atoms with Gasteiger partial charge < -0.3 is 14.8 Å². The van der Waals surface area contributed by atoms with E-state index in [-0.39, 0.29) is 0 Å². The highest BCUT2D eigenvalue weighted by Gasteiger charge is 2.04. The van der Waals surface area contributed by atoms with E-state index in [9.17, 15) is 0 Å². The molecule has 0 saturated carbocycles. The van der Waals surface area contributed by atoms with Crippen LogP contribution in [0.2, 0.25) is 0 Å². The van der Waals surface area contributed by atoms with Crippen LogP contribution in [0.25, 0.3) is 0 Å². The first-order valence-corrected chi connectivity index (χ1v) is 7.17. The second kappa shape index (κ2) is 8.94. The molecule has 1 atom stereocenters. The van der Waals surface area contributed by atoms with Crippen molar-refractivity contribution in [2.45, 2.75) is 33.7 Å². The van der Waals surface area contributed by atoms with Crippen molar-refractivity contribution in [2.75, 3.05) is 26.4 Å². The largest absolute Gasteiger partial charge is 0.493 e. The Labute approximate surface area is 117 Å². The van der Waals surface area contributed by atoms with Crippen LogP contribution >= 0.6 is 0 Å². The summed E-state index contributed by atoms with van der Waals surface area (Å²) in [4.78, 5) is 0. The van der Waals surface area contributed by atoms with Crippen LogP contribution in [0.1, 0.15) is 39.3 Å². The molecule has 0 aliphatic carbocycles. The zero-order chi connectivity index (χ0) is 14.1. The molecule has 0 amide bonds. The molecular weight excluding hydrogens is 238 g/mol. The first kappa shape index (κ1) is 16.0. The molecule has 1 rings (SSSR count). The molecule has 0 aliphatic rings. The third-order valence-corrected chi connectivity index (χ3v) is 2.86. The maximum Gasteiger partial charge on any atom is 0.119 e. The predicted octanol–water partition coefficient (Wildman–Crippen LogP) is 3.41. The second-order valence-corrected chi connectivity index (χ2v) is 5.15. The fourth-order valence-corrected chi connectivity index (χ4v) is 1.73. The maximum absolute atomic E-state index is 5.67. The monoisotopic (exact) mass is 265 g/mol. The SMILES string of the molecule is CCOCCNC(C)c1ccc(OCC(C)C)cc1. The molecule has 0 fully saturated rings. The molecule has 0 radical (unpaired) electrons. The van der Waals surface area contributed by atoms with Gasteiger partial charge in [-0.1, -0.05) is 26.0 Å². The van der Waals surface area contributed by atoms with Crippen molar-refractivity contribution < 1.29 is 9.47 Å². The summed E-state index contributed by atoms with van der Waals surface area (Å²) in [5.74, 6) is 1.50. The molecule has 0 saturated heterocycles. The third-order valence-electron chi connectivity index (χ3n) is 2.86. The topological polar surface area (TPSA) is 30.5 Å². The summed E-state index contributed by atoms with van der Waals surface area (Å²) in [6, 6.07) is 8.65. The van der Waals surface area contributed by atoms with Gasteiger partial charge in [0.1, 0.15) is 5.75 Å². The van der Waals surface area contributed by atoms with E-state index in [4.69, 9.17) is 9.47 Å². The highest BCUT2D eigenvalue weighted by Crippen LogP contribution is 2.17. The minimum Gasteiger partial charge on any atom is -0.493 e. The van der Waals surface area contributed by atoms with E-state index in [1.165, 1.54) is 5.56 Å². The highest BCUT2D eigenvalue weighted by atomic mass is 16.5. The molecule has 108 valence electrons. The number of hydrogen-bond donors (Lipinski definition) is 1. The van der Waals surface area contributed by atoms with Gasteiger partial charge in [-0.2, -0.15) is 0 Å². The van der Waals surface area contributed by atoms with Gasteiger partial charge >= 0.3 is 0 Å². The van der Waals surface area contributed by atoms with E-state index in [2.05, 4.69) is 38.2 Å². The number of benzene rings is 1. The molecular formula is C16H27NO2. The minimum absolute atomic E-state index is 0.333. The van der Waals surface area contributed by atoms with Gasteiger partial charge in [0.25, 0.3) is 0 Å². The van der Waals surface area contributed by atoms with Crippen LogP contribution in [0, 0.1) is 5.92 Å². The number of hydrogen-bond acceptors (Lipinski definition) is 3. The summed E-state index contributed by atoms with van der Waals surface area (Å²) in [5, 5.41) is 3.44. The number of ether oxygens (including phenoxy) is 2. The Morgan fingerprint density at radius 3 is 2.37 bits per heavy atom. The van der Waals surface area contributed by atoms with Crippen molar-refractivity contribution in [3.8, 4) is 5.75 Å². The number of nitrogens with one attached hydrogen (secondary N) is 1. The predicted molar refractivity (Wildman–Crippen MR) is 79.7 cm³/mol. The molecule has 1 aromatic rings.